The molecule has 1 fully saturated rings. The Bertz CT molecular complexity index is 1480. The third-order valence-electron chi connectivity index (χ3n) is 6.75. The van der Waals surface area contributed by atoms with Crippen LogP contribution in [-0.4, -0.2) is 31.9 Å². The molecule has 5 rings (SSSR count). The molecule has 1 aliphatic carbocycles. The maximum absolute atomic E-state index is 13.7. The van der Waals surface area contributed by atoms with Gasteiger partial charge in [0.1, 0.15) is 17.1 Å². The van der Waals surface area contributed by atoms with E-state index >= 15 is 0 Å². The van der Waals surface area contributed by atoms with Crippen LogP contribution in [0.2, 0.25) is 0 Å². The number of hydrogen-bond acceptors (Lipinski definition) is 5. The molecule has 0 aliphatic heterocycles. The lowest BCUT2D eigenvalue weighted by Crippen LogP contribution is -2.38. The summed E-state index contributed by atoms with van der Waals surface area (Å²) < 4.78 is 45.6. The highest BCUT2D eigenvalue weighted by Gasteiger charge is 2.35. The van der Waals surface area contributed by atoms with E-state index in [9.17, 15) is 27.9 Å². The zero-order valence-corrected chi connectivity index (χ0v) is 20.7. The van der Waals surface area contributed by atoms with Gasteiger partial charge in [0.15, 0.2) is 0 Å². The molecule has 2 aromatic heterocycles. The number of nitrogens with zero attached hydrogens (tertiary/aromatic N) is 3. The molecule has 1 saturated carbocycles. The van der Waals surface area contributed by atoms with Gasteiger partial charge in [0.05, 0.1) is 28.8 Å². The van der Waals surface area contributed by atoms with Crippen LogP contribution in [0.1, 0.15) is 53.8 Å². The number of carboxylic acid groups (broad SMARTS) is 1. The number of rotatable bonds is 7. The molecule has 0 unspecified atom stereocenters. The van der Waals surface area contributed by atoms with Crippen LogP contribution in [0.4, 0.5) is 18.9 Å². The lowest BCUT2D eigenvalue weighted by molar-refractivity contribution is -0.138. The second-order valence-electron chi connectivity index (χ2n) is 9.40. The molecule has 1 aliphatic rings. The van der Waals surface area contributed by atoms with Gasteiger partial charge in [-0.1, -0.05) is 31.4 Å². The Morgan fingerprint density at radius 2 is 1.82 bits per heavy atom. The predicted octanol–water partition coefficient (Wildman–Crippen LogP) is 6.58. The van der Waals surface area contributed by atoms with E-state index in [4.69, 9.17) is 4.74 Å². The second kappa shape index (κ2) is 10.8. The first-order valence-electron chi connectivity index (χ1n) is 12.5. The van der Waals surface area contributed by atoms with E-state index in [2.05, 4.69) is 15.0 Å². The van der Waals surface area contributed by atoms with Crippen LogP contribution in [0.25, 0.3) is 11.0 Å². The zero-order chi connectivity index (χ0) is 27.6. The maximum Gasteiger partial charge on any atom is 0.421 e. The van der Waals surface area contributed by atoms with Gasteiger partial charge in [0, 0.05) is 12.1 Å². The predicted molar refractivity (Wildman–Crippen MR) is 137 cm³/mol. The normalized spacial score (nSPS) is 14.3. The number of aromatic nitrogens is 3. The molecule has 11 heteroatoms. The monoisotopic (exact) mass is 538 g/mol. The number of H-pyrrole nitrogens is 1. The van der Waals surface area contributed by atoms with Gasteiger partial charge in [-0.3, -0.25) is 4.79 Å². The van der Waals surface area contributed by atoms with E-state index in [1.807, 2.05) is 24.3 Å². The van der Waals surface area contributed by atoms with E-state index in [0.29, 0.717) is 24.2 Å². The average Bonchev–Trinajstić information content (AvgIpc) is 3.34. The fraction of sp³-hybridized carbons (Fsp3) is 0.286. The van der Waals surface area contributed by atoms with Gasteiger partial charge in [-0.15, -0.1) is 0 Å². The number of imidazole rings is 1. The van der Waals surface area contributed by atoms with Crippen molar-refractivity contribution in [2.75, 3.05) is 4.90 Å². The van der Waals surface area contributed by atoms with E-state index in [1.54, 1.807) is 0 Å². The van der Waals surface area contributed by atoms with Crippen molar-refractivity contribution in [1.82, 2.24) is 15.0 Å². The van der Waals surface area contributed by atoms with Crippen molar-refractivity contribution >= 4 is 28.6 Å². The Morgan fingerprint density at radius 1 is 1.05 bits per heavy atom. The third kappa shape index (κ3) is 5.71. The van der Waals surface area contributed by atoms with Crippen molar-refractivity contribution in [2.45, 2.75) is 44.8 Å². The first kappa shape index (κ1) is 26.2. The number of fused-ring (bicyclic) bond motifs is 1. The summed E-state index contributed by atoms with van der Waals surface area (Å²) in [6, 6.07) is 13.1. The fourth-order valence-electron chi connectivity index (χ4n) is 4.87. The van der Waals surface area contributed by atoms with Gasteiger partial charge in [0.2, 0.25) is 11.8 Å². The molecule has 8 nitrogen and oxygen atoms in total. The summed E-state index contributed by atoms with van der Waals surface area (Å²) in [5, 5.41) is 10.0. The summed E-state index contributed by atoms with van der Waals surface area (Å²) in [4.78, 5) is 38.9. The third-order valence-corrected chi connectivity index (χ3v) is 6.75. The number of carbonyl (C=O) groups is 2. The molecule has 2 aromatic carbocycles. The smallest absolute Gasteiger partial charge is 0.421 e. The molecule has 202 valence electrons. The van der Waals surface area contributed by atoms with Crippen LogP contribution in [0, 0.1) is 5.92 Å². The number of carbonyl (C=O) groups excluding carboxylic acids is 1. The minimum Gasteiger partial charge on any atom is -0.478 e. The quantitative estimate of drug-likeness (QED) is 0.275. The molecule has 0 radical (unpaired) electrons. The molecule has 0 bridgehead atoms. The number of aromatic carboxylic acids is 1. The van der Waals surface area contributed by atoms with Gasteiger partial charge in [-0.25, -0.2) is 14.8 Å². The lowest BCUT2D eigenvalue weighted by Gasteiger charge is -2.30. The molecule has 0 spiro atoms. The molecule has 1 amide bonds. The molecule has 2 N–H and O–H groups in total. The van der Waals surface area contributed by atoms with Gasteiger partial charge in [0.25, 0.3) is 0 Å². The second-order valence-corrected chi connectivity index (χ2v) is 9.40. The topological polar surface area (TPSA) is 108 Å². The Morgan fingerprint density at radius 3 is 2.54 bits per heavy atom. The molecule has 4 aromatic rings. The highest BCUT2D eigenvalue weighted by atomic mass is 19.4. The largest absolute Gasteiger partial charge is 0.478 e. The van der Waals surface area contributed by atoms with Gasteiger partial charge in [-0.2, -0.15) is 13.2 Å². The van der Waals surface area contributed by atoms with Crippen molar-refractivity contribution in [1.29, 1.82) is 0 Å². The average molecular weight is 539 g/mol. The highest BCUT2D eigenvalue weighted by Crippen LogP contribution is 2.38. The van der Waals surface area contributed by atoms with Crippen LogP contribution in [0.3, 0.4) is 0 Å². The van der Waals surface area contributed by atoms with Crippen molar-refractivity contribution in [2.24, 2.45) is 5.92 Å². The van der Waals surface area contributed by atoms with Crippen LogP contribution in [0.15, 0.2) is 60.8 Å². The van der Waals surface area contributed by atoms with Crippen LogP contribution in [0.5, 0.6) is 11.6 Å². The number of halogens is 3. The number of hydrogen-bond donors (Lipinski definition) is 2. The first-order chi connectivity index (χ1) is 18.7. The summed E-state index contributed by atoms with van der Waals surface area (Å²) in [6.45, 7) is -0.0110. The standard InChI is InChI=1S/C28H25F3N4O4/c29-28(30,31)20-9-6-14-32-25(20)39-18-12-13-23(19(15-18)27(37)38)35(26(36)17-7-2-1-3-8-17)16-24-33-21-10-4-5-11-22(21)34-24/h4-6,9-15,17H,1-3,7-8,16H2,(H,33,34)(H,37,38). The highest BCUT2D eigenvalue weighted by molar-refractivity contribution is 6.03. The number of alkyl halides is 3. The van der Waals surface area contributed by atoms with E-state index in [0.717, 1.165) is 49.2 Å². The number of nitrogens with one attached hydrogen (secondary N) is 1. The van der Waals surface area contributed by atoms with Gasteiger partial charge < -0.3 is 19.7 Å². The number of benzene rings is 2. The van der Waals surface area contributed by atoms with Crippen molar-refractivity contribution in [3.63, 3.8) is 0 Å². The van der Waals surface area contributed by atoms with Gasteiger partial charge >= 0.3 is 12.1 Å². The number of para-hydroxylation sites is 2. The number of aromatic amines is 1. The summed E-state index contributed by atoms with van der Waals surface area (Å²) in [5.41, 5.74) is 0.191. The maximum atomic E-state index is 13.7. The molecule has 0 atom stereocenters. The SMILES string of the molecule is O=C(O)c1cc(Oc2ncccc2C(F)(F)F)ccc1N(Cc1nc2ccccc2[nH]1)C(=O)C1CCCCC1. The van der Waals surface area contributed by atoms with Crippen LogP contribution in [-0.2, 0) is 17.5 Å². The fourth-order valence-corrected chi connectivity index (χ4v) is 4.87. The minimum absolute atomic E-state index is 0.0110. The molecular formula is C28H25F3N4O4. The van der Waals surface area contributed by atoms with Crippen molar-refractivity contribution in [3.8, 4) is 11.6 Å². The molecule has 39 heavy (non-hydrogen) atoms. The number of amides is 1. The van der Waals surface area contributed by atoms with E-state index < -0.39 is 23.6 Å². The molecule has 0 saturated heterocycles. The number of anilines is 1. The van der Waals surface area contributed by atoms with Crippen LogP contribution < -0.4 is 9.64 Å². The number of pyridine rings is 1. The van der Waals surface area contributed by atoms with Crippen molar-refractivity contribution < 1.29 is 32.6 Å². The number of carboxylic acids is 1. The number of ether oxygens (including phenoxy) is 1. The Kier molecular flexibility index (Phi) is 7.23. The first-order valence-corrected chi connectivity index (χ1v) is 12.5. The van der Waals surface area contributed by atoms with Crippen LogP contribution >= 0.6 is 0 Å². The summed E-state index contributed by atoms with van der Waals surface area (Å²) in [5.74, 6) is -2.25. The van der Waals surface area contributed by atoms with Crippen molar-refractivity contribution in [3.05, 3.63) is 77.7 Å². The lowest BCUT2D eigenvalue weighted by atomic mass is 9.88. The summed E-state index contributed by atoms with van der Waals surface area (Å²) >= 11 is 0. The summed E-state index contributed by atoms with van der Waals surface area (Å²) in [7, 11) is 0. The van der Waals surface area contributed by atoms with E-state index in [1.165, 1.54) is 17.0 Å². The van der Waals surface area contributed by atoms with Gasteiger partial charge in [-0.05, 0) is 55.3 Å². The summed E-state index contributed by atoms with van der Waals surface area (Å²) in [6.07, 6.45) is 0.660. The molecular weight excluding hydrogens is 513 g/mol. The Hall–Kier alpha value is -4.41. The Labute approximate surface area is 221 Å². The Balaban J connectivity index is 1.53. The molecule has 2 heterocycles. The van der Waals surface area contributed by atoms with E-state index in [-0.39, 0.29) is 35.4 Å². The zero-order valence-electron chi connectivity index (χ0n) is 20.7. The minimum atomic E-state index is -4.71.